The Hall–Kier alpha value is -1.82. The van der Waals surface area contributed by atoms with Gasteiger partial charge in [-0.05, 0) is 37.5 Å². The molecule has 1 aromatic heterocycles. The van der Waals surface area contributed by atoms with Gasteiger partial charge in [0.05, 0.1) is 17.1 Å². The first-order valence-electron chi connectivity index (χ1n) is 7.01. The highest BCUT2D eigenvalue weighted by molar-refractivity contribution is 7.90. The third-order valence-corrected chi connectivity index (χ3v) is 4.64. The van der Waals surface area contributed by atoms with Crippen molar-refractivity contribution in [3.63, 3.8) is 0 Å². The van der Waals surface area contributed by atoms with Crippen LogP contribution in [0.5, 0.6) is 0 Å². The Labute approximate surface area is 124 Å². The third kappa shape index (κ3) is 3.44. The van der Waals surface area contributed by atoms with Gasteiger partial charge in [-0.2, -0.15) is 0 Å². The fourth-order valence-electron chi connectivity index (χ4n) is 2.23. The number of benzene rings is 1. The number of aromatic nitrogens is 2. The van der Waals surface area contributed by atoms with Crippen LogP contribution in [0.4, 0.5) is 5.95 Å². The molecule has 6 heteroatoms. The Bertz CT molecular complexity index is 744. The zero-order chi connectivity index (χ0) is 15.0. The van der Waals surface area contributed by atoms with Crippen molar-refractivity contribution in [1.82, 2.24) is 9.55 Å². The summed E-state index contributed by atoms with van der Waals surface area (Å²) >= 11 is 0. The number of hydrogen-bond acceptors (Lipinski definition) is 4. The van der Waals surface area contributed by atoms with Crippen molar-refractivity contribution in [3.8, 4) is 0 Å². The van der Waals surface area contributed by atoms with E-state index in [2.05, 4.69) is 14.9 Å². The number of nitrogens with zero attached hydrogens (tertiary/aromatic N) is 2. The molecule has 0 atom stereocenters. The van der Waals surface area contributed by atoms with Crippen molar-refractivity contribution in [2.45, 2.75) is 37.2 Å². The van der Waals surface area contributed by atoms with Gasteiger partial charge in [0, 0.05) is 18.5 Å². The summed E-state index contributed by atoms with van der Waals surface area (Å²) in [7, 11) is -3.14. The van der Waals surface area contributed by atoms with Gasteiger partial charge in [-0.25, -0.2) is 13.4 Å². The molecule has 1 heterocycles. The van der Waals surface area contributed by atoms with Crippen LogP contribution in [0.3, 0.4) is 0 Å². The Morgan fingerprint density at radius 3 is 2.52 bits per heavy atom. The highest BCUT2D eigenvalue weighted by Gasteiger charge is 2.23. The molecule has 1 N–H and O–H groups in total. The number of rotatable bonds is 5. The summed E-state index contributed by atoms with van der Waals surface area (Å²) in [5, 5.41) is 3.42. The summed E-state index contributed by atoms with van der Waals surface area (Å²) in [5.41, 5.74) is 2.03. The van der Waals surface area contributed by atoms with Crippen molar-refractivity contribution in [2.75, 3.05) is 11.6 Å². The molecule has 0 amide bonds. The lowest BCUT2D eigenvalue weighted by Crippen LogP contribution is -2.09. The fourth-order valence-corrected chi connectivity index (χ4v) is 2.86. The van der Waals surface area contributed by atoms with E-state index >= 15 is 0 Å². The second kappa shape index (κ2) is 5.18. The minimum Gasteiger partial charge on any atom is -0.353 e. The maximum absolute atomic E-state index is 11.5. The van der Waals surface area contributed by atoms with E-state index in [9.17, 15) is 8.42 Å². The van der Waals surface area contributed by atoms with E-state index in [-0.39, 0.29) is 0 Å². The number of hydrogen-bond donors (Lipinski definition) is 1. The number of imidazole rings is 1. The van der Waals surface area contributed by atoms with Crippen molar-refractivity contribution in [2.24, 2.45) is 0 Å². The van der Waals surface area contributed by atoms with Gasteiger partial charge in [-0.15, -0.1) is 0 Å². The van der Waals surface area contributed by atoms with Gasteiger partial charge in [0.1, 0.15) is 0 Å². The number of sulfone groups is 1. The molecule has 0 bridgehead atoms. The second-order valence-corrected chi connectivity index (χ2v) is 7.68. The van der Waals surface area contributed by atoms with Crippen molar-refractivity contribution in [1.29, 1.82) is 0 Å². The summed E-state index contributed by atoms with van der Waals surface area (Å²) in [6, 6.07) is 7.57. The molecule has 0 spiro atoms. The summed E-state index contributed by atoms with van der Waals surface area (Å²) in [6.45, 7) is 2.65. The first-order chi connectivity index (χ1) is 9.91. The second-order valence-electron chi connectivity index (χ2n) is 5.67. The molecule has 1 saturated carbocycles. The SMILES string of the molecule is Cc1cn(Cc2ccc(S(C)(=O)=O)cc2)c(NC2CC2)n1. The van der Waals surface area contributed by atoms with E-state index in [0.717, 1.165) is 17.2 Å². The molecule has 3 rings (SSSR count). The molecular weight excluding hydrogens is 286 g/mol. The number of anilines is 1. The van der Waals surface area contributed by atoms with E-state index in [0.29, 0.717) is 17.5 Å². The van der Waals surface area contributed by atoms with E-state index in [1.807, 2.05) is 25.3 Å². The largest absolute Gasteiger partial charge is 0.353 e. The quantitative estimate of drug-likeness (QED) is 0.920. The number of aryl methyl sites for hydroxylation is 1. The molecule has 1 aliphatic rings. The monoisotopic (exact) mass is 305 g/mol. The van der Waals surface area contributed by atoms with E-state index in [4.69, 9.17) is 0 Å². The van der Waals surface area contributed by atoms with Crippen LogP contribution in [0.1, 0.15) is 24.1 Å². The average molecular weight is 305 g/mol. The molecule has 5 nitrogen and oxygen atoms in total. The lowest BCUT2D eigenvalue weighted by Gasteiger charge is -2.09. The molecule has 1 aliphatic carbocycles. The maximum atomic E-state index is 11.5. The van der Waals surface area contributed by atoms with Gasteiger partial charge < -0.3 is 9.88 Å². The molecule has 2 aromatic rings. The van der Waals surface area contributed by atoms with E-state index < -0.39 is 9.84 Å². The van der Waals surface area contributed by atoms with Crippen LogP contribution in [0.15, 0.2) is 35.4 Å². The molecule has 1 aromatic carbocycles. The smallest absolute Gasteiger partial charge is 0.203 e. The lowest BCUT2D eigenvalue weighted by molar-refractivity contribution is 0.602. The Balaban J connectivity index is 1.79. The molecule has 1 fully saturated rings. The van der Waals surface area contributed by atoms with Crippen molar-refractivity contribution >= 4 is 15.8 Å². The highest BCUT2D eigenvalue weighted by Crippen LogP contribution is 2.24. The van der Waals surface area contributed by atoms with Crippen LogP contribution in [-0.2, 0) is 16.4 Å². The first kappa shape index (κ1) is 14.1. The van der Waals surface area contributed by atoms with Crippen LogP contribution < -0.4 is 5.32 Å². The van der Waals surface area contributed by atoms with Crippen LogP contribution in [0, 0.1) is 6.92 Å². The minimum atomic E-state index is -3.14. The third-order valence-electron chi connectivity index (χ3n) is 3.51. The first-order valence-corrected chi connectivity index (χ1v) is 8.90. The normalized spacial score (nSPS) is 15.1. The average Bonchev–Trinajstić information content (AvgIpc) is 3.14. The predicted octanol–water partition coefficient (Wildman–Crippen LogP) is 2.22. The Morgan fingerprint density at radius 1 is 1.29 bits per heavy atom. The fraction of sp³-hybridized carbons (Fsp3) is 0.400. The zero-order valence-corrected chi connectivity index (χ0v) is 13.0. The highest BCUT2D eigenvalue weighted by atomic mass is 32.2. The molecule has 0 saturated heterocycles. The van der Waals surface area contributed by atoms with Crippen LogP contribution in [0.2, 0.25) is 0 Å². The molecule has 0 radical (unpaired) electrons. The van der Waals surface area contributed by atoms with Crippen LogP contribution >= 0.6 is 0 Å². The zero-order valence-electron chi connectivity index (χ0n) is 12.2. The molecule has 21 heavy (non-hydrogen) atoms. The van der Waals surface area contributed by atoms with Gasteiger partial charge in [0.25, 0.3) is 0 Å². The summed E-state index contributed by atoms with van der Waals surface area (Å²) in [5.74, 6) is 0.891. The molecule has 0 unspecified atom stereocenters. The minimum absolute atomic E-state index is 0.351. The summed E-state index contributed by atoms with van der Waals surface area (Å²) < 4.78 is 25.0. The van der Waals surface area contributed by atoms with Crippen LogP contribution in [0.25, 0.3) is 0 Å². The van der Waals surface area contributed by atoms with Crippen molar-refractivity contribution < 1.29 is 8.42 Å². The number of nitrogens with one attached hydrogen (secondary N) is 1. The summed E-state index contributed by atoms with van der Waals surface area (Å²) in [4.78, 5) is 4.85. The molecule has 112 valence electrons. The lowest BCUT2D eigenvalue weighted by atomic mass is 10.2. The van der Waals surface area contributed by atoms with Gasteiger partial charge in [-0.1, -0.05) is 12.1 Å². The maximum Gasteiger partial charge on any atom is 0.203 e. The van der Waals surface area contributed by atoms with Crippen molar-refractivity contribution in [3.05, 3.63) is 41.7 Å². The molecular formula is C15H19N3O2S. The van der Waals surface area contributed by atoms with Crippen LogP contribution in [-0.4, -0.2) is 30.3 Å². The van der Waals surface area contributed by atoms with E-state index in [1.165, 1.54) is 19.1 Å². The topological polar surface area (TPSA) is 64.0 Å². The predicted molar refractivity (Wildman–Crippen MR) is 82.3 cm³/mol. The van der Waals surface area contributed by atoms with Gasteiger partial charge >= 0.3 is 0 Å². The van der Waals surface area contributed by atoms with Gasteiger partial charge in [0.15, 0.2) is 9.84 Å². The Kier molecular flexibility index (Phi) is 3.49. The van der Waals surface area contributed by atoms with Gasteiger partial charge in [-0.3, -0.25) is 0 Å². The van der Waals surface area contributed by atoms with E-state index in [1.54, 1.807) is 12.1 Å². The van der Waals surface area contributed by atoms with Gasteiger partial charge in [0.2, 0.25) is 5.95 Å². The summed E-state index contributed by atoms with van der Waals surface area (Å²) in [6.07, 6.45) is 5.64. The Morgan fingerprint density at radius 2 is 1.95 bits per heavy atom. The molecule has 0 aliphatic heterocycles. The standard InChI is InChI=1S/C15H19N3O2S/c1-11-9-18(15(16-11)17-13-5-6-13)10-12-3-7-14(8-4-12)21(2,19)20/h3-4,7-9,13H,5-6,10H2,1-2H3,(H,16,17).